The summed E-state index contributed by atoms with van der Waals surface area (Å²) in [5.74, 6) is -0.632. The van der Waals surface area contributed by atoms with Crippen LogP contribution in [0.4, 0.5) is 13.2 Å². The summed E-state index contributed by atoms with van der Waals surface area (Å²) in [6.45, 7) is 3.21. The van der Waals surface area contributed by atoms with Crippen LogP contribution in [0.1, 0.15) is 79.4 Å². The first-order chi connectivity index (χ1) is 25.7. The molecule has 286 valence electrons. The Morgan fingerprint density at radius 1 is 0.963 bits per heavy atom. The number of methoxy groups -OCH3 is 2. The molecule has 2 heterocycles. The van der Waals surface area contributed by atoms with Crippen LogP contribution in [0.2, 0.25) is 5.02 Å². The normalized spacial score (nSPS) is 21.3. The molecule has 7 rings (SSSR count). The molecule has 1 atom stereocenters. The molecule has 4 aromatic rings. The number of pyridine rings is 2. The molecule has 0 spiro atoms. The van der Waals surface area contributed by atoms with E-state index in [4.69, 9.17) is 30.8 Å². The van der Waals surface area contributed by atoms with Crippen LogP contribution >= 0.6 is 11.6 Å². The fourth-order valence-corrected chi connectivity index (χ4v) is 8.32. The molecule has 0 radical (unpaired) electrons. The number of ether oxygens (including phenoxy) is 3. The summed E-state index contributed by atoms with van der Waals surface area (Å²) < 4.78 is 60.5. The fourth-order valence-electron chi connectivity index (χ4n) is 8.00. The van der Waals surface area contributed by atoms with E-state index in [1.165, 1.54) is 7.11 Å². The highest BCUT2D eigenvalue weighted by Gasteiger charge is 2.50. The van der Waals surface area contributed by atoms with E-state index in [9.17, 15) is 28.2 Å². The number of fused-ring (bicyclic) bond motifs is 1. The number of aromatic nitrogens is 2. The van der Waals surface area contributed by atoms with Crippen LogP contribution in [0, 0.1) is 11.3 Å². The van der Waals surface area contributed by atoms with E-state index in [0.29, 0.717) is 60.3 Å². The summed E-state index contributed by atoms with van der Waals surface area (Å²) in [6.07, 6.45) is -1.70. The number of nitrogens with one attached hydrogen (secondary N) is 1. The first-order valence-corrected chi connectivity index (χ1v) is 18.5. The average Bonchev–Trinajstić information content (AvgIpc) is 3.82. The van der Waals surface area contributed by atoms with Crippen molar-refractivity contribution in [2.45, 2.75) is 82.7 Å². The topological polar surface area (TPSA) is 123 Å². The van der Waals surface area contributed by atoms with Crippen molar-refractivity contribution >= 4 is 17.6 Å². The Hall–Kier alpha value is -4.39. The second-order valence-corrected chi connectivity index (χ2v) is 15.4. The number of nitrogens with zero attached hydrogens (tertiary/aromatic N) is 2. The molecule has 0 saturated heterocycles. The molecule has 2 fully saturated rings. The number of aliphatic carboxylic acids is 1. The molecule has 9 nitrogen and oxygen atoms in total. The second-order valence-electron chi connectivity index (χ2n) is 15.0. The van der Waals surface area contributed by atoms with Crippen molar-refractivity contribution in [1.29, 1.82) is 0 Å². The van der Waals surface area contributed by atoms with Crippen molar-refractivity contribution in [1.82, 2.24) is 15.3 Å². The maximum atomic E-state index is 14.5. The summed E-state index contributed by atoms with van der Waals surface area (Å²) in [4.78, 5) is 20.7. The Balaban J connectivity index is 1.12. The minimum atomic E-state index is -4.77. The van der Waals surface area contributed by atoms with Gasteiger partial charge in [0.2, 0.25) is 17.6 Å². The molecular weight excluding hydrogens is 723 g/mol. The van der Waals surface area contributed by atoms with Gasteiger partial charge in [0, 0.05) is 28.8 Å². The maximum absolute atomic E-state index is 14.5. The lowest BCUT2D eigenvalue weighted by Crippen LogP contribution is -2.44. The molecule has 0 aliphatic heterocycles. The van der Waals surface area contributed by atoms with Crippen LogP contribution in [-0.4, -0.2) is 52.5 Å². The molecule has 13 heteroatoms. The van der Waals surface area contributed by atoms with E-state index in [-0.39, 0.29) is 24.3 Å². The number of carbonyl (C=O) groups is 1. The number of halogens is 4. The molecule has 3 aliphatic carbocycles. The van der Waals surface area contributed by atoms with Gasteiger partial charge in [-0.2, -0.15) is 18.2 Å². The van der Waals surface area contributed by atoms with Crippen molar-refractivity contribution < 1.29 is 42.4 Å². The zero-order chi connectivity index (χ0) is 38.4. The third-order valence-corrected chi connectivity index (χ3v) is 11.5. The first kappa shape index (κ1) is 37.9. The van der Waals surface area contributed by atoms with Crippen LogP contribution in [0.15, 0.2) is 54.6 Å². The maximum Gasteiger partial charge on any atom is 0.421 e. The van der Waals surface area contributed by atoms with E-state index in [1.807, 2.05) is 55.5 Å². The van der Waals surface area contributed by atoms with Crippen LogP contribution < -0.4 is 19.5 Å². The SMILES string of the molecule is COc1nc(-c2cccc(-c3cccc4c3CC[C@@H]4Oc3nc(OC)c(CCC4(C(=O)O)CC4)cc3C(F)(F)F)c2Cl)ccc1CNCC1CC(C)(O)C1. The minimum absolute atomic E-state index is 0.0202. The zero-order valence-electron chi connectivity index (χ0n) is 30.4. The molecular formula is C41H43ClF3N3O6. The highest BCUT2D eigenvalue weighted by atomic mass is 35.5. The molecule has 2 aromatic heterocycles. The molecule has 2 saturated carbocycles. The third-order valence-electron chi connectivity index (χ3n) is 11.1. The van der Waals surface area contributed by atoms with Crippen LogP contribution in [0.3, 0.4) is 0 Å². The van der Waals surface area contributed by atoms with Crippen LogP contribution in [0.25, 0.3) is 22.4 Å². The number of alkyl halides is 3. The summed E-state index contributed by atoms with van der Waals surface area (Å²) in [6, 6.07) is 16.2. The predicted octanol–water partition coefficient (Wildman–Crippen LogP) is 8.61. The zero-order valence-corrected chi connectivity index (χ0v) is 31.1. The van der Waals surface area contributed by atoms with E-state index in [0.717, 1.165) is 53.3 Å². The van der Waals surface area contributed by atoms with Gasteiger partial charge in [0.05, 0.1) is 36.0 Å². The number of aryl methyl sites for hydroxylation is 1. The largest absolute Gasteiger partial charge is 0.481 e. The molecule has 0 bridgehead atoms. The smallest absolute Gasteiger partial charge is 0.421 e. The van der Waals surface area contributed by atoms with Gasteiger partial charge in [-0.3, -0.25) is 4.79 Å². The van der Waals surface area contributed by atoms with Crippen molar-refractivity contribution in [2.75, 3.05) is 20.8 Å². The van der Waals surface area contributed by atoms with Gasteiger partial charge in [0.1, 0.15) is 11.7 Å². The Labute approximate surface area is 316 Å². The van der Waals surface area contributed by atoms with Crippen molar-refractivity contribution in [3.05, 3.63) is 87.4 Å². The summed E-state index contributed by atoms with van der Waals surface area (Å²) in [5.41, 5.74) is 3.17. The number of aliphatic hydroxyl groups is 1. The summed E-state index contributed by atoms with van der Waals surface area (Å²) >= 11 is 7.11. The predicted molar refractivity (Wildman–Crippen MR) is 197 cm³/mol. The lowest BCUT2D eigenvalue weighted by Gasteiger charge is -2.41. The number of hydrogen-bond acceptors (Lipinski definition) is 8. The van der Waals surface area contributed by atoms with Crippen molar-refractivity contribution in [2.24, 2.45) is 11.3 Å². The van der Waals surface area contributed by atoms with Crippen LogP contribution in [-0.2, 0) is 30.4 Å². The standard InChI is InChI=1S/C41H43ClF3N3O6/c1-39(51)19-23(20-39)21-46-22-25-10-12-32(47-36(25)53-3)30-9-5-8-29(34(30)42)26-6-4-7-28-27(26)11-13-33(28)54-37-31(41(43,44)45)18-24(35(48-37)52-2)14-15-40(16-17-40)38(49)50/h4-10,12,18,23,33,46,51H,11,13-17,19-22H2,1-3H3,(H,49,50)/t23?,33-,39?/m0/s1. The van der Waals surface area contributed by atoms with Gasteiger partial charge < -0.3 is 29.7 Å². The van der Waals surface area contributed by atoms with Crippen LogP contribution in [0.5, 0.6) is 17.6 Å². The Kier molecular flexibility index (Phi) is 10.3. The number of carboxylic acids is 1. The quantitative estimate of drug-likeness (QED) is 0.116. The Morgan fingerprint density at radius 3 is 2.31 bits per heavy atom. The van der Waals surface area contributed by atoms with Gasteiger partial charge in [0.25, 0.3) is 0 Å². The van der Waals surface area contributed by atoms with Gasteiger partial charge in [-0.05, 0) is 99.6 Å². The molecule has 2 aromatic carbocycles. The van der Waals surface area contributed by atoms with Gasteiger partial charge in [-0.1, -0.05) is 54.1 Å². The second kappa shape index (κ2) is 14.7. The van der Waals surface area contributed by atoms with Crippen molar-refractivity contribution in [3.63, 3.8) is 0 Å². The van der Waals surface area contributed by atoms with E-state index < -0.39 is 40.7 Å². The molecule has 0 amide bonds. The molecule has 0 unspecified atom stereocenters. The molecule has 54 heavy (non-hydrogen) atoms. The average molecular weight is 766 g/mol. The Morgan fingerprint density at radius 2 is 1.65 bits per heavy atom. The molecule has 3 aliphatic rings. The van der Waals surface area contributed by atoms with Gasteiger partial charge in [-0.15, -0.1) is 0 Å². The summed E-state index contributed by atoms with van der Waals surface area (Å²) in [5, 5.41) is 23.5. The highest BCUT2D eigenvalue weighted by Crippen LogP contribution is 2.51. The van der Waals surface area contributed by atoms with Gasteiger partial charge >= 0.3 is 12.1 Å². The lowest BCUT2D eigenvalue weighted by molar-refractivity contribution is -0.143. The van der Waals surface area contributed by atoms with Gasteiger partial charge in [-0.25, -0.2) is 4.98 Å². The number of hydrogen-bond donors (Lipinski definition) is 3. The number of benzene rings is 2. The fraction of sp³-hybridized carbons (Fsp3) is 0.439. The number of rotatable bonds is 14. The molecule has 3 N–H and O–H groups in total. The van der Waals surface area contributed by atoms with E-state index in [2.05, 4.69) is 10.3 Å². The first-order valence-electron chi connectivity index (χ1n) is 18.1. The lowest BCUT2D eigenvalue weighted by atomic mass is 9.72. The van der Waals surface area contributed by atoms with Gasteiger partial charge in [0.15, 0.2) is 0 Å². The third kappa shape index (κ3) is 7.61. The van der Waals surface area contributed by atoms with Crippen molar-refractivity contribution in [3.8, 4) is 40.0 Å². The Bertz CT molecular complexity index is 2060. The monoisotopic (exact) mass is 765 g/mol. The van der Waals surface area contributed by atoms with E-state index in [1.54, 1.807) is 7.11 Å². The number of carboxylic acid groups (broad SMARTS) is 1. The summed E-state index contributed by atoms with van der Waals surface area (Å²) in [7, 11) is 2.90. The van der Waals surface area contributed by atoms with E-state index >= 15 is 0 Å². The highest BCUT2D eigenvalue weighted by molar-refractivity contribution is 6.36. The minimum Gasteiger partial charge on any atom is -0.481 e.